The van der Waals surface area contributed by atoms with Gasteiger partial charge in [0.1, 0.15) is 11.3 Å². The average molecular weight is 522 g/mol. The molecule has 198 valence electrons. The van der Waals surface area contributed by atoms with E-state index in [9.17, 15) is 14.4 Å². The molecular formula is C32H31N3O4. The van der Waals surface area contributed by atoms with Crippen molar-refractivity contribution in [3.8, 4) is 5.75 Å². The lowest BCUT2D eigenvalue weighted by Crippen LogP contribution is -2.54. The number of fused-ring (bicyclic) bond motifs is 1. The normalized spacial score (nSPS) is 14.8. The van der Waals surface area contributed by atoms with E-state index in [-0.39, 0.29) is 5.57 Å². The maximum atomic E-state index is 13.4. The highest BCUT2D eigenvalue weighted by atomic mass is 16.5. The van der Waals surface area contributed by atoms with Gasteiger partial charge in [0.2, 0.25) is 0 Å². The summed E-state index contributed by atoms with van der Waals surface area (Å²) in [7, 11) is 0. The lowest BCUT2D eigenvalue weighted by molar-refractivity contribution is -0.122. The first kappa shape index (κ1) is 26.0. The van der Waals surface area contributed by atoms with Gasteiger partial charge in [0.25, 0.3) is 11.8 Å². The van der Waals surface area contributed by atoms with Crippen LogP contribution < -0.4 is 15.0 Å². The molecule has 7 heteroatoms. The maximum absolute atomic E-state index is 13.4. The van der Waals surface area contributed by atoms with Crippen LogP contribution in [-0.2, 0) is 22.6 Å². The van der Waals surface area contributed by atoms with Crippen LogP contribution in [0.5, 0.6) is 5.75 Å². The van der Waals surface area contributed by atoms with Crippen molar-refractivity contribution < 1.29 is 19.1 Å². The highest BCUT2D eigenvalue weighted by Gasteiger charge is 2.37. The van der Waals surface area contributed by atoms with Gasteiger partial charge in [0.15, 0.2) is 0 Å². The second kappa shape index (κ2) is 11.0. The summed E-state index contributed by atoms with van der Waals surface area (Å²) in [6.45, 7) is 7.41. The van der Waals surface area contributed by atoms with Gasteiger partial charge >= 0.3 is 6.03 Å². The summed E-state index contributed by atoms with van der Waals surface area (Å²) in [4.78, 5) is 39.8. The van der Waals surface area contributed by atoms with Crippen molar-refractivity contribution in [2.24, 2.45) is 0 Å². The van der Waals surface area contributed by atoms with Gasteiger partial charge in [-0.15, -0.1) is 0 Å². The summed E-state index contributed by atoms with van der Waals surface area (Å²) in [6.07, 6.45) is 5.12. The van der Waals surface area contributed by atoms with E-state index in [1.54, 1.807) is 18.2 Å². The summed E-state index contributed by atoms with van der Waals surface area (Å²) in [6, 6.07) is 20.3. The molecule has 0 saturated carbocycles. The van der Waals surface area contributed by atoms with E-state index in [4.69, 9.17) is 4.74 Å². The lowest BCUT2D eigenvalue weighted by atomic mass is 10.1. The largest absolute Gasteiger partial charge is 0.493 e. The van der Waals surface area contributed by atoms with Gasteiger partial charge in [-0.25, -0.2) is 9.69 Å². The summed E-state index contributed by atoms with van der Waals surface area (Å²) < 4.78 is 8.13. The third kappa shape index (κ3) is 5.21. The summed E-state index contributed by atoms with van der Waals surface area (Å²) >= 11 is 0. The zero-order valence-corrected chi connectivity index (χ0v) is 22.4. The zero-order valence-electron chi connectivity index (χ0n) is 22.4. The van der Waals surface area contributed by atoms with Gasteiger partial charge < -0.3 is 9.30 Å². The molecule has 1 aliphatic rings. The Morgan fingerprint density at radius 3 is 2.46 bits per heavy atom. The van der Waals surface area contributed by atoms with Crippen LogP contribution >= 0.6 is 0 Å². The van der Waals surface area contributed by atoms with Crippen LogP contribution in [0.2, 0.25) is 0 Å². The molecule has 1 aromatic heterocycles. The molecule has 1 saturated heterocycles. The Labute approximate surface area is 227 Å². The van der Waals surface area contributed by atoms with E-state index in [1.807, 2.05) is 61.7 Å². The van der Waals surface area contributed by atoms with Gasteiger partial charge in [-0.05, 0) is 73.7 Å². The SMILES string of the molecule is CCc1ccc(N2C(=O)NC(=O)/C(=C\c3cn(CCCOc4cccc(C)c4C)c4ccccc34)C2=O)cc1. The Morgan fingerprint density at radius 1 is 0.923 bits per heavy atom. The number of hydrogen-bond donors (Lipinski definition) is 1. The van der Waals surface area contributed by atoms with Crippen molar-refractivity contribution in [1.82, 2.24) is 9.88 Å². The smallest absolute Gasteiger partial charge is 0.335 e. The molecule has 1 fully saturated rings. The quantitative estimate of drug-likeness (QED) is 0.176. The Balaban J connectivity index is 1.39. The number of ether oxygens (including phenoxy) is 1. The van der Waals surface area contributed by atoms with Crippen molar-refractivity contribution in [2.45, 2.75) is 40.2 Å². The lowest BCUT2D eigenvalue weighted by Gasteiger charge is -2.26. The second-order valence-corrected chi connectivity index (χ2v) is 9.67. The Bertz CT molecular complexity index is 1600. The summed E-state index contributed by atoms with van der Waals surface area (Å²) in [5, 5.41) is 3.23. The Morgan fingerprint density at radius 2 is 1.69 bits per heavy atom. The number of carbonyl (C=O) groups excluding carboxylic acids is 3. The van der Waals surface area contributed by atoms with Crippen molar-refractivity contribution in [2.75, 3.05) is 11.5 Å². The fourth-order valence-electron chi connectivity index (χ4n) is 4.80. The number of aryl methyl sites for hydroxylation is 3. The van der Waals surface area contributed by atoms with E-state index in [1.165, 1.54) is 5.56 Å². The first-order valence-electron chi connectivity index (χ1n) is 13.1. The molecular weight excluding hydrogens is 490 g/mol. The fraction of sp³-hybridized carbons (Fsp3) is 0.219. The maximum Gasteiger partial charge on any atom is 0.335 e. The molecule has 7 nitrogen and oxygen atoms in total. The number of nitrogens with zero attached hydrogens (tertiary/aromatic N) is 2. The van der Waals surface area contributed by atoms with Crippen LogP contribution in [0.1, 0.15) is 35.6 Å². The van der Waals surface area contributed by atoms with Crippen molar-refractivity contribution >= 4 is 40.5 Å². The number of carbonyl (C=O) groups is 3. The fourth-order valence-corrected chi connectivity index (χ4v) is 4.80. The zero-order chi connectivity index (χ0) is 27.5. The van der Waals surface area contributed by atoms with E-state index in [0.29, 0.717) is 18.8 Å². The number of nitrogens with one attached hydrogen (secondary N) is 1. The number of amides is 4. The van der Waals surface area contributed by atoms with Gasteiger partial charge in [-0.1, -0.05) is 49.4 Å². The molecule has 4 amide bonds. The number of barbiturate groups is 1. The molecule has 3 aromatic carbocycles. The number of urea groups is 1. The second-order valence-electron chi connectivity index (χ2n) is 9.67. The summed E-state index contributed by atoms with van der Waals surface area (Å²) in [5.41, 5.74) is 5.47. The van der Waals surface area contributed by atoms with Gasteiger partial charge in [0.05, 0.1) is 12.3 Å². The monoisotopic (exact) mass is 521 g/mol. The van der Waals surface area contributed by atoms with E-state index in [0.717, 1.165) is 51.1 Å². The Hall–Kier alpha value is -4.65. The predicted molar refractivity (Wildman–Crippen MR) is 153 cm³/mol. The summed E-state index contributed by atoms with van der Waals surface area (Å²) in [5.74, 6) is -0.458. The third-order valence-electron chi connectivity index (χ3n) is 7.18. The first-order chi connectivity index (χ1) is 18.9. The number of anilines is 1. The van der Waals surface area contributed by atoms with Gasteiger partial charge in [-0.2, -0.15) is 0 Å². The predicted octanol–water partition coefficient (Wildman–Crippen LogP) is 5.96. The molecule has 0 aliphatic carbocycles. The number of imide groups is 2. The molecule has 1 aliphatic heterocycles. The number of benzene rings is 3. The number of rotatable bonds is 8. The highest BCUT2D eigenvalue weighted by molar-refractivity contribution is 6.39. The van der Waals surface area contributed by atoms with E-state index in [2.05, 4.69) is 29.8 Å². The molecule has 5 rings (SSSR count). The Kier molecular flexibility index (Phi) is 7.32. The van der Waals surface area contributed by atoms with Crippen LogP contribution in [0.15, 0.2) is 78.5 Å². The molecule has 4 aromatic rings. The van der Waals surface area contributed by atoms with Crippen LogP contribution in [0.25, 0.3) is 17.0 Å². The minimum atomic E-state index is -0.752. The molecule has 0 spiro atoms. The molecule has 1 N–H and O–H groups in total. The molecule has 39 heavy (non-hydrogen) atoms. The van der Waals surface area contributed by atoms with Crippen molar-refractivity contribution in [3.63, 3.8) is 0 Å². The number of para-hydroxylation sites is 1. The van der Waals surface area contributed by atoms with E-state index >= 15 is 0 Å². The van der Waals surface area contributed by atoms with Crippen LogP contribution in [-0.4, -0.2) is 29.0 Å². The van der Waals surface area contributed by atoms with Crippen LogP contribution in [0.4, 0.5) is 10.5 Å². The third-order valence-corrected chi connectivity index (χ3v) is 7.18. The van der Waals surface area contributed by atoms with E-state index < -0.39 is 17.8 Å². The number of aromatic nitrogens is 1. The van der Waals surface area contributed by atoms with Crippen molar-refractivity contribution in [1.29, 1.82) is 0 Å². The minimum Gasteiger partial charge on any atom is -0.493 e. The minimum absolute atomic E-state index is 0.0877. The van der Waals surface area contributed by atoms with Gasteiger partial charge in [0, 0.05) is 29.2 Å². The standard InChI is InChI=1S/C32H31N3O4/c1-4-23-13-15-25(16-14-23)35-31(37)27(30(36)33-32(35)38)19-24-20-34(28-11-6-5-10-26(24)28)17-8-18-39-29-12-7-9-21(2)22(29)3/h5-7,9-16,19-20H,4,8,17-18H2,1-3H3,(H,33,36,38)/b27-19+. The molecule has 0 bridgehead atoms. The van der Waals surface area contributed by atoms with Crippen LogP contribution in [0.3, 0.4) is 0 Å². The molecule has 0 radical (unpaired) electrons. The average Bonchev–Trinajstić information content (AvgIpc) is 3.29. The number of hydrogen-bond acceptors (Lipinski definition) is 4. The highest BCUT2D eigenvalue weighted by Crippen LogP contribution is 2.27. The molecule has 0 unspecified atom stereocenters. The van der Waals surface area contributed by atoms with Crippen molar-refractivity contribution in [3.05, 3.63) is 101 Å². The van der Waals surface area contributed by atoms with Crippen LogP contribution in [0, 0.1) is 13.8 Å². The topological polar surface area (TPSA) is 80.6 Å². The van der Waals surface area contributed by atoms with Gasteiger partial charge in [-0.3, -0.25) is 14.9 Å². The molecule has 2 heterocycles. The molecule has 0 atom stereocenters. The first-order valence-corrected chi connectivity index (χ1v) is 13.1.